The van der Waals surface area contributed by atoms with E-state index in [4.69, 9.17) is 0 Å². The minimum Gasteiger partial charge on any atom is -0.352 e. The van der Waals surface area contributed by atoms with Crippen molar-refractivity contribution in [2.75, 3.05) is 20.6 Å². The number of thiophene rings is 1. The molecule has 6 heteroatoms. The molecule has 2 N–H and O–H groups in total. The molecule has 0 radical (unpaired) electrons. The number of hydrogen-bond donors (Lipinski definition) is 2. The van der Waals surface area contributed by atoms with Crippen LogP contribution in [0.1, 0.15) is 47.6 Å². The van der Waals surface area contributed by atoms with E-state index in [0.717, 1.165) is 12.0 Å². The molecular formula is C22H31N3O2S. The number of hydrogen-bond acceptors (Lipinski definition) is 4. The van der Waals surface area contributed by atoms with Gasteiger partial charge in [-0.2, -0.15) is 0 Å². The van der Waals surface area contributed by atoms with Crippen molar-refractivity contribution in [2.45, 2.75) is 39.3 Å². The highest BCUT2D eigenvalue weighted by atomic mass is 32.1. The quantitative estimate of drug-likeness (QED) is 0.676. The van der Waals surface area contributed by atoms with Gasteiger partial charge in [-0.25, -0.2) is 0 Å². The Kier molecular flexibility index (Phi) is 8.20. The van der Waals surface area contributed by atoms with Crippen molar-refractivity contribution in [2.24, 2.45) is 5.92 Å². The van der Waals surface area contributed by atoms with E-state index < -0.39 is 6.04 Å². The predicted octanol–water partition coefficient (Wildman–Crippen LogP) is 3.48. The lowest BCUT2D eigenvalue weighted by atomic mass is 10.0. The van der Waals surface area contributed by atoms with Gasteiger partial charge in [0.15, 0.2) is 0 Å². The standard InChI is InChI=1S/C22H31N3O2S/c1-6-16-9-11-17(12-10-16)18(25(4)5)14-23-22(27)20(15(2)3)24-21(26)19-8-7-13-28-19/h7-13,15,18,20H,6,14H2,1-5H3,(H,23,27)(H,24,26). The number of aryl methyl sites for hydroxylation is 1. The summed E-state index contributed by atoms with van der Waals surface area (Å²) < 4.78 is 0. The Morgan fingerprint density at radius 1 is 1.11 bits per heavy atom. The number of nitrogens with one attached hydrogen (secondary N) is 2. The second kappa shape index (κ2) is 10.4. The number of nitrogens with zero attached hydrogens (tertiary/aromatic N) is 1. The van der Waals surface area contributed by atoms with Crippen LogP contribution in [0, 0.1) is 5.92 Å². The van der Waals surface area contributed by atoms with Crippen LogP contribution in [0.25, 0.3) is 0 Å². The maximum absolute atomic E-state index is 12.8. The molecular weight excluding hydrogens is 370 g/mol. The van der Waals surface area contributed by atoms with Crippen LogP contribution >= 0.6 is 11.3 Å². The number of carbonyl (C=O) groups is 2. The van der Waals surface area contributed by atoms with E-state index in [1.165, 1.54) is 16.9 Å². The first kappa shape index (κ1) is 22.1. The topological polar surface area (TPSA) is 61.4 Å². The van der Waals surface area contributed by atoms with Gasteiger partial charge in [0.1, 0.15) is 6.04 Å². The van der Waals surface area contributed by atoms with Crippen molar-refractivity contribution in [3.8, 4) is 0 Å². The molecule has 2 amide bonds. The van der Waals surface area contributed by atoms with Crippen LogP contribution in [0.5, 0.6) is 0 Å². The van der Waals surface area contributed by atoms with Crippen LogP contribution in [0.2, 0.25) is 0 Å². The second-order valence-electron chi connectivity index (χ2n) is 7.49. The minimum atomic E-state index is -0.570. The summed E-state index contributed by atoms with van der Waals surface area (Å²) in [5.41, 5.74) is 2.45. The average molecular weight is 402 g/mol. The van der Waals surface area contributed by atoms with Gasteiger partial charge < -0.3 is 15.5 Å². The third kappa shape index (κ3) is 5.91. The second-order valence-corrected chi connectivity index (χ2v) is 8.44. The van der Waals surface area contributed by atoms with E-state index in [9.17, 15) is 9.59 Å². The molecule has 5 nitrogen and oxygen atoms in total. The average Bonchev–Trinajstić information content (AvgIpc) is 3.20. The highest BCUT2D eigenvalue weighted by Crippen LogP contribution is 2.19. The van der Waals surface area contributed by atoms with Gasteiger partial charge in [0.2, 0.25) is 5.91 Å². The summed E-state index contributed by atoms with van der Waals surface area (Å²) >= 11 is 1.37. The van der Waals surface area contributed by atoms with Crippen molar-refractivity contribution >= 4 is 23.2 Å². The summed E-state index contributed by atoms with van der Waals surface area (Å²) in [5.74, 6) is -0.370. The molecule has 1 heterocycles. The van der Waals surface area contributed by atoms with Crippen molar-refractivity contribution in [1.82, 2.24) is 15.5 Å². The van der Waals surface area contributed by atoms with Crippen LogP contribution in [0.3, 0.4) is 0 Å². The van der Waals surface area contributed by atoms with Crippen molar-refractivity contribution in [3.63, 3.8) is 0 Å². The summed E-state index contributed by atoms with van der Waals surface area (Å²) in [4.78, 5) is 27.9. The van der Waals surface area contributed by atoms with Crippen molar-refractivity contribution in [3.05, 3.63) is 57.8 Å². The van der Waals surface area contributed by atoms with Gasteiger partial charge in [-0.3, -0.25) is 9.59 Å². The zero-order chi connectivity index (χ0) is 20.7. The Morgan fingerprint density at radius 3 is 2.29 bits per heavy atom. The number of amides is 2. The summed E-state index contributed by atoms with van der Waals surface area (Å²) in [6.07, 6.45) is 1.00. The third-order valence-electron chi connectivity index (χ3n) is 4.85. The monoisotopic (exact) mass is 401 g/mol. The van der Waals surface area contributed by atoms with Crippen LogP contribution in [0.15, 0.2) is 41.8 Å². The van der Waals surface area contributed by atoms with E-state index in [0.29, 0.717) is 11.4 Å². The molecule has 0 aliphatic heterocycles. The Bertz CT molecular complexity index is 755. The van der Waals surface area contributed by atoms with Gasteiger partial charge in [-0.05, 0) is 49.0 Å². The van der Waals surface area contributed by atoms with E-state index in [1.54, 1.807) is 6.07 Å². The first-order valence-corrected chi connectivity index (χ1v) is 10.6. The normalized spacial score (nSPS) is 13.4. The van der Waals surface area contributed by atoms with Gasteiger partial charge in [-0.15, -0.1) is 11.3 Å². The molecule has 1 aromatic carbocycles. The lowest BCUT2D eigenvalue weighted by molar-refractivity contribution is -0.124. The number of benzene rings is 1. The first-order chi connectivity index (χ1) is 13.3. The lowest BCUT2D eigenvalue weighted by Gasteiger charge is -2.27. The third-order valence-corrected chi connectivity index (χ3v) is 5.72. The largest absolute Gasteiger partial charge is 0.352 e. The fraction of sp³-hybridized carbons (Fsp3) is 0.455. The number of rotatable bonds is 9. The molecule has 28 heavy (non-hydrogen) atoms. The predicted molar refractivity (Wildman–Crippen MR) is 116 cm³/mol. The molecule has 0 bridgehead atoms. The molecule has 2 unspecified atom stereocenters. The molecule has 2 aromatic rings. The van der Waals surface area contributed by atoms with E-state index >= 15 is 0 Å². The molecule has 152 valence electrons. The number of likely N-dealkylation sites (N-methyl/N-ethyl adjacent to an activating group) is 1. The molecule has 0 aliphatic carbocycles. The fourth-order valence-corrected chi connectivity index (χ4v) is 3.66. The van der Waals surface area contributed by atoms with Gasteiger partial charge >= 0.3 is 0 Å². The fourth-order valence-electron chi connectivity index (χ4n) is 3.04. The zero-order valence-corrected chi connectivity index (χ0v) is 18.2. The molecule has 2 rings (SSSR count). The lowest BCUT2D eigenvalue weighted by Crippen LogP contribution is -2.50. The zero-order valence-electron chi connectivity index (χ0n) is 17.4. The van der Waals surface area contributed by atoms with Gasteiger partial charge in [-0.1, -0.05) is 51.1 Å². The molecule has 0 fully saturated rings. The summed E-state index contributed by atoms with van der Waals surface area (Å²) in [6.45, 7) is 6.49. The van der Waals surface area contributed by atoms with E-state index in [1.807, 2.05) is 39.4 Å². The van der Waals surface area contributed by atoms with E-state index in [2.05, 4.69) is 46.7 Å². The van der Waals surface area contributed by atoms with Crippen LogP contribution in [-0.2, 0) is 11.2 Å². The van der Waals surface area contributed by atoms with Crippen LogP contribution in [-0.4, -0.2) is 43.4 Å². The van der Waals surface area contributed by atoms with Gasteiger partial charge in [0.25, 0.3) is 5.91 Å². The molecule has 0 saturated carbocycles. The van der Waals surface area contributed by atoms with Crippen LogP contribution < -0.4 is 10.6 Å². The molecule has 0 spiro atoms. The Morgan fingerprint density at radius 2 is 1.79 bits per heavy atom. The number of carbonyl (C=O) groups excluding carboxylic acids is 2. The minimum absolute atomic E-state index is 0.00874. The smallest absolute Gasteiger partial charge is 0.262 e. The highest BCUT2D eigenvalue weighted by Gasteiger charge is 2.26. The van der Waals surface area contributed by atoms with E-state index in [-0.39, 0.29) is 23.8 Å². The molecule has 2 atom stereocenters. The molecule has 1 aromatic heterocycles. The van der Waals surface area contributed by atoms with Crippen molar-refractivity contribution in [1.29, 1.82) is 0 Å². The first-order valence-electron chi connectivity index (χ1n) is 9.70. The van der Waals surface area contributed by atoms with Gasteiger partial charge in [0.05, 0.1) is 10.9 Å². The SMILES string of the molecule is CCc1ccc(C(CNC(=O)C(NC(=O)c2cccs2)C(C)C)N(C)C)cc1. The van der Waals surface area contributed by atoms with Crippen LogP contribution in [0.4, 0.5) is 0 Å². The van der Waals surface area contributed by atoms with Gasteiger partial charge in [0, 0.05) is 6.54 Å². The maximum atomic E-state index is 12.8. The Balaban J connectivity index is 2.03. The molecule has 0 aliphatic rings. The summed E-state index contributed by atoms with van der Waals surface area (Å²) in [5, 5.41) is 7.76. The van der Waals surface area contributed by atoms with Crippen molar-refractivity contribution < 1.29 is 9.59 Å². The summed E-state index contributed by atoms with van der Waals surface area (Å²) in [6, 6.07) is 11.6. The summed E-state index contributed by atoms with van der Waals surface area (Å²) in [7, 11) is 4.01. The Hall–Kier alpha value is -2.18. The molecule has 0 saturated heterocycles. The Labute approximate surface area is 172 Å². The maximum Gasteiger partial charge on any atom is 0.262 e. The highest BCUT2D eigenvalue weighted by molar-refractivity contribution is 7.12.